The van der Waals surface area contributed by atoms with E-state index in [0.29, 0.717) is 25.2 Å². The van der Waals surface area contributed by atoms with Crippen LogP contribution in [0, 0.1) is 0 Å². The minimum absolute atomic E-state index is 0.178. The Morgan fingerprint density at radius 2 is 2.03 bits per heavy atom. The molecule has 3 aromatic rings. The SMILES string of the molecule is CC(C)(C)OC(=O)N1CCC(ON=C(c2ccccc2)c2cc3ccncc3[nH]2)C1. The van der Waals surface area contributed by atoms with Crippen molar-refractivity contribution in [2.75, 3.05) is 13.1 Å². The lowest BCUT2D eigenvalue weighted by molar-refractivity contribution is 0.0218. The fourth-order valence-corrected chi connectivity index (χ4v) is 3.39. The highest BCUT2D eigenvalue weighted by Gasteiger charge is 2.31. The topological polar surface area (TPSA) is 79.8 Å². The molecule has 3 heterocycles. The summed E-state index contributed by atoms with van der Waals surface area (Å²) in [6.07, 6.45) is 3.77. The van der Waals surface area contributed by atoms with E-state index >= 15 is 0 Å². The second-order valence-corrected chi connectivity index (χ2v) is 8.39. The minimum Gasteiger partial charge on any atom is -0.444 e. The van der Waals surface area contributed by atoms with Crippen LogP contribution in [-0.2, 0) is 9.57 Å². The van der Waals surface area contributed by atoms with E-state index in [2.05, 4.69) is 15.1 Å². The number of aromatic nitrogens is 2. The predicted molar refractivity (Wildman–Crippen MR) is 115 cm³/mol. The number of ether oxygens (including phenoxy) is 1. The molecule has 1 saturated heterocycles. The number of hydrogen-bond acceptors (Lipinski definition) is 5. The lowest BCUT2D eigenvalue weighted by Crippen LogP contribution is -2.35. The molecule has 1 amide bonds. The van der Waals surface area contributed by atoms with Gasteiger partial charge in [0.2, 0.25) is 0 Å². The number of rotatable bonds is 4. The number of amides is 1. The molecule has 1 unspecified atom stereocenters. The first kappa shape index (κ1) is 19.9. The number of likely N-dealkylation sites (tertiary alicyclic amines) is 1. The van der Waals surface area contributed by atoms with E-state index in [9.17, 15) is 4.79 Å². The maximum Gasteiger partial charge on any atom is 0.410 e. The van der Waals surface area contributed by atoms with Crippen molar-refractivity contribution in [2.24, 2.45) is 5.16 Å². The molecular weight excluding hydrogens is 380 g/mol. The Bertz CT molecular complexity index is 1020. The third-order valence-electron chi connectivity index (χ3n) is 4.82. The summed E-state index contributed by atoms with van der Waals surface area (Å²) >= 11 is 0. The smallest absolute Gasteiger partial charge is 0.410 e. The molecule has 1 N–H and O–H groups in total. The highest BCUT2D eigenvalue weighted by atomic mass is 16.6. The van der Waals surface area contributed by atoms with E-state index in [1.165, 1.54) is 0 Å². The minimum atomic E-state index is -0.515. The number of nitrogens with one attached hydrogen (secondary N) is 1. The molecule has 2 aromatic heterocycles. The zero-order valence-corrected chi connectivity index (χ0v) is 17.5. The highest BCUT2D eigenvalue weighted by Crippen LogP contribution is 2.20. The predicted octanol–water partition coefficient (Wildman–Crippen LogP) is 4.34. The molecule has 1 atom stereocenters. The fraction of sp³-hybridized carbons (Fsp3) is 0.348. The number of pyridine rings is 1. The Labute approximate surface area is 175 Å². The molecule has 0 spiro atoms. The zero-order valence-electron chi connectivity index (χ0n) is 17.5. The molecule has 0 saturated carbocycles. The largest absolute Gasteiger partial charge is 0.444 e. The molecule has 1 aromatic carbocycles. The summed E-state index contributed by atoms with van der Waals surface area (Å²) in [5.41, 5.74) is 2.93. The molecule has 1 fully saturated rings. The van der Waals surface area contributed by atoms with Gasteiger partial charge in [-0.3, -0.25) is 4.98 Å². The number of carbonyl (C=O) groups excluding carboxylic acids is 1. The van der Waals surface area contributed by atoms with Gasteiger partial charge in [-0.2, -0.15) is 0 Å². The number of benzene rings is 1. The van der Waals surface area contributed by atoms with E-state index in [1.54, 1.807) is 17.3 Å². The Balaban J connectivity index is 1.53. The van der Waals surface area contributed by atoms with Gasteiger partial charge in [-0.1, -0.05) is 35.5 Å². The molecule has 156 valence electrons. The molecular formula is C23H26N4O3. The van der Waals surface area contributed by atoms with Crippen molar-refractivity contribution in [3.05, 3.63) is 66.1 Å². The first-order valence-electron chi connectivity index (χ1n) is 10.1. The molecule has 1 aliphatic rings. The molecule has 7 heteroatoms. The van der Waals surface area contributed by atoms with Crippen molar-refractivity contribution in [2.45, 2.75) is 38.9 Å². The van der Waals surface area contributed by atoms with E-state index in [-0.39, 0.29) is 12.2 Å². The fourth-order valence-electron chi connectivity index (χ4n) is 3.39. The normalized spacial score (nSPS) is 17.4. The number of nitrogens with zero attached hydrogens (tertiary/aromatic N) is 3. The Hall–Kier alpha value is -3.35. The third-order valence-corrected chi connectivity index (χ3v) is 4.82. The Kier molecular flexibility index (Phi) is 5.44. The van der Waals surface area contributed by atoms with Crippen molar-refractivity contribution in [1.82, 2.24) is 14.9 Å². The van der Waals surface area contributed by atoms with Crippen LogP contribution in [0.2, 0.25) is 0 Å². The van der Waals surface area contributed by atoms with Gasteiger partial charge in [0.1, 0.15) is 17.4 Å². The van der Waals surface area contributed by atoms with Crippen LogP contribution in [0.25, 0.3) is 10.9 Å². The number of fused-ring (bicyclic) bond motifs is 1. The van der Waals surface area contributed by atoms with Gasteiger partial charge < -0.3 is 19.5 Å². The zero-order chi connectivity index (χ0) is 21.1. The van der Waals surface area contributed by atoms with Gasteiger partial charge in [0.15, 0.2) is 0 Å². The van der Waals surface area contributed by atoms with Crippen molar-refractivity contribution in [3.8, 4) is 0 Å². The molecule has 1 aliphatic heterocycles. The van der Waals surface area contributed by atoms with E-state index in [1.807, 2.05) is 63.2 Å². The second-order valence-electron chi connectivity index (χ2n) is 8.39. The first-order valence-corrected chi connectivity index (χ1v) is 10.1. The van der Waals surface area contributed by atoms with Gasteiger partial charge in [0.25, 0.3) is 0 Å². The average Bonchev–Trinajstić information content (AvgIpc) is 3.35. The standard InChI is InChI=1S/C23H26N4O3/c1-23(2,3)29-22(28)27-12-10-18(15-27)30-26-21(16-7-5-4-6-8-16)19-13-17-9-11-24-14-20(17)25-19/h4-9,11,13-14,18,25H,10,12,15H2,1-3H3. The van der Waals surface area contributed by atoms with E-state index < -0.39 is 5.60 Å². The van der Waals surface area contributed by atoms with E-state index in [4.69, 9.17) is 9.57 Å². The highest BCUT2D eigenvalue weighted by molar-refractivity contribution is 6.13. The number of oxime groups is 1. The summed E-state index contributed by atoms with van der Waals surface area (Å²) in [5, 5.41) is 5.55. The van der Waals surface area contributed by atoms with Crippen molar-refractivity contribution < 1.29 is 14.4 Å². The van der Waals surface area contributed by atoms with Gasteiger partial charge in [0, 0.05) is 30.1 Å². The number of aromatic amines is 1. The van der Waals surface area contributed by atoms with Gasteiger partial charge in [0.05, 0.1) is 24.0 Å². The maximum atomic E-state index is 12.3. The number of hydrogen-bond donors (Lipinski definition) is 1. The van der Waals surface area contributed by atoms with Crippen LogP contribution in [0.5, 0.6) is 0 Å². The van der Waals surface area contributed by atoms with Gasteiger partial charge in [-0.15, -0.1) is 0 Å². The summed E-state index contributed by atoms with van der Waals surface area (Å²) in [6, 6.07) is 13.9. The van der Waals surface area contributed by atoms with Crippen molar-refractivity contribution in [3.63, 3.8) is 0 Å². The quantitative estimate of drug-likeness (QED) is 0.516. The van der Waals surface area contributed by atoms with E-state index in [0.717, 1.165) is 22.2 Å². The van der Waals surface area contributed by atoms with Crippen LogP contribution in [0.1, 0.15) is 38.4 Å². The molecule has 4 rings (SSSR count). The summed E-state index contributed by atoms with van der Waals surface area (Å²) in [7, 11) is 0. The van der Waals surface area contributed by atoms with Crippen molar-refractivity contribution >= 4 is 22.7 Å². The summed E-state index contributed by atoms with van der Waals surface area (Å²) in [6.45, 7) is 6.63. The summed E-state index contributed by atoms with van der Waals surface area (Å²) in [5.74, 6) is 0. The summed E-state index contributed by atoms with van der Waals surface area (Å²) < 4.78 is 5.45. The molecule has 7 nitrogen and oxygen atoms in total. The van der Waals surface area contributed by atoms with Crippen LogP contribution in [0.3, 0.4) is 0 Å². The summed E-state index contributed by atoms with van der Waals surface area (Å²) in [4.78, 5) is 27.4. The van der Waals surface area contributed by atoms with Crippen LogP contribution >= 0.6 is 0 Å². The van der Waals surface area contributed by atoms with Crippen LogP contribution in [0.4, 0.5) is 4.79 Å². The molecule has 0 aliphatic carbocycles. The van der Waals surface area contributed by atoms with Crippen LogP contribution in [0.15, 0.2) is 60.0 Å². The van der Waals surface area contributed by atoms with Crippen LogP contribution in [-0.4, -0.2) is 51.5 Å². The van der Waals surface area contributed by atoms with Gasteiger partial charge in [-0.05, 0) is 32.9 Å². The lowest BCUT2D eigenvalue weighted by atomic mass is 10.1. The molecule has 0 radical (unpaired) electrons. The Morgan fingerprint density at radius 3 is 2.77 bits per heavy atom. The van der Waals surface area contributed by atoms with Gasteiger partial charge in [-0.25, -0.2) is 4.79 Å². The molecule has 0 bridgehead atoms. The second kappa shape index (κ2) is 8.18. The number of H-pyrrole nitrogens is 1. The first-order chi connectivity index (χ1) is 14.4. The maximum absolute atomic E-state index is 12.3. The number of carbonyl (C=O) groups is 1. The lowest BCUT2D eigenvalue weighted by Gasteiger charge is -2.24. The Morgan fingerprint density at radius 1 is 1.23 bits per heavy atom. The average molecular weight is 406 g/mol. The third kappa shape index (κ3) is 4.62. The van der Waals surface area contributed by atoms with Crippen LogP contribution < -0.4 is 0 Å². The monoisotopic (exact) mass is 406 g/mol. The van der Waals surface area contributed by atoms with Gasteiger partial charge >= 0.3 is 6.09 Å². The van der Waals surface area contributed by atoms with Crippen molar-refractivity contribution in [1.29, 1.82) is 0 Å². The molecule has 30 heavy (non-hydrogen) atoms.